The van der Waals surface area contributed by atoms with E-state index in [0.29, 0.717) is 15.9 Å². The van der Waals surface area contributed by atoms with Crippen LogP contribution in [-0.2, 0) is 11.3 Å². The zero-order chi connectivity index (χ0) is 17.3. The standard InChI is InChI=1S/C17H13ClFN3O2/c1-10-3-2-4-12-16(10)20-9-22(17(12)24)8-15(23)21-14-7-11(18)5-6-13(14)19/h2-7,9H,8H2,1H3,(H,21,23). The zero-order valence-electron chi connectivity index (χ0n) is 12.7. The van der Waals surface area contributed by atoms with Crippen LogP contribution in [0.1, 0.15) is 5.56 Å². The zero-order valence-corrected chi connectivity index (χ0v) is 13.5. The predicted molar refractivity (Wildman–Crippen MR) is 90.8 cm³/mol. The molecule has 3 aromatic rings. The van der Waals surface area contributed by atoms with Crippen molar-refractivity contribution in [3.05, 3.63) is 69.5 Å². The van der Waals surface area contributed by atoms with Gasteiger partial charge in [-0.3, -0.25) is 14.2 Å². The summed E-state index contributed by atoms with van der Waals surface area (Å²) in [5.41, 5.74) is 1.11. The van der Waals surface area contributed by atoms with Gasteiger partial charge in [-0.2, -0.15) is 0 Å². The number of halogens is 2. The summed E-state index contributed by atoms with van der Waals surface area (Å²) >= 11 is 5.78. The first-order valence-electron chi connectivity index (χ1n) is 7.15. The van der Waals surface area contributed by atoms with Crippen molar-refractivity contribution in [1.29, 1.82) is 0 Å². The van der Waals surface area contributed by atoms with Crippen LogP contribution in [0.25, 0.3) is 10.9 Å². The maximum atomic E-state index is 13.6. The third kappa shape index (κ3) is 3.14. The Labute approximate surface area is 141 Å². The second-order valence-corrected chi connectivity index (χ2v) is 5.76. The second kappa shape index (κ2) is 6.41. The largest absolute Gasteiger partial charge is 0.322 e. The molecule has 0 bridgehead atoms. The van der Waals surface area contributed by atoms with Gasteiger partial charge in [0.25, 0.3) is 5.56 Å². The molecule has 1 amide bonds. The Morgan fingerprint density at radius 3 is 2.92 bits per heavy atom. The summed E-state index contributed by atoms with van der Waals surface area (Å²) in [6.07, 6.45) is 1.31. The number of nitrogens with one attached hydrogen (secondary N) is 1. The molecular weight excluding hydrogens is 333 g/mol. The third-order valence-corrected chi connectivity index (χ3v) is 3.81. The number of rotatable bonds is 3. The number of benzene rings is 2. The molecule has 0 atom stereocenters. The fourth-order valence-electron chi connectivity index (χ4n) is 2.39. The minimum atomic E-state index is -0.604. The predicted octanol–water partition coefficient (Wildman–Crippen LogP) is 3.14. The first-order valence-corrected chi connectivity index (χ1v) is 7.53. The molecule has 0 aliphatic carbocycles. The fraction of sp³-hybridized carbons (Fsp3) is 0.118. The highest BCUT2D eigenvalue weighted by Gasteiger charge is 2.11. The number of fused-ring (bicyclic) bond motifs is 1. The molecule has 5 nitrogen and oxygen atoms in total. The van der Waals surface area contributed by atoms with Crippen molar-refractivity contribution in [2.45, 2.75) is 13.5 Å². The van der Waals surface area contributed by atoms with Crippen LogP contribution < -0.4 is 10.9 Å². The highest BCUT2D eigenvalue weighted by Crippen LogP contribution is 2.19. The molecule has 0 saturated carbocycles. The van der Waals surface area contributed by atoms with Crippen LogP contribution in [0.3, 0.4) is 0 Å². The molecule has 0 radical (unpaired) electrons. The highest BCUT2D eigenvalue weighted by atomic mass is 35.5. The molecule has 0 saturated heterocycles. The van der Waals surface area contributed by atoms with E-state index < -0.39 is 11.7 Å². The summed E-state index contributed by atoms with van der Waals surface area (Å²) in [6.45, 7) is 1.58. The van der Waals surface area contributed by atoms with E-state index in [1.54, 1.807) is 12.1 Å². The van der Waals surface area contributed by atoms with E-state index >= 15 is 0 Å². The van der Waals surface area contributed by atoms with Crippen molar-refractivity contribution in [1.82, 2.24) is 9.55 Å². The van der Waals surface area contributed by atoms with Gasteiger partial charge < -0.3 is 5.32 Å². The number of carbonyl (C=O) groups excluding carboxylic acids is 1. The first kappa shape index (κ1) is 16.1. The van der Waals surface area contributed by atoms with Crippen molar-refractivity contribution < 1.29 is 9.18 Å². The van der Waals surface area contributed by atoms with E-state index in [4.69, 9.17) is 11.6 Å². The summed E-state index contributed by atoms with van der Waals surface area (Å²) < 4.78 is 14.8. The van der Waals surface area contributed by atoms with Crippen LogP contribution in [0.2, 0.25) is 5.02 Å². The Hall–Kier alpha value is -2.73. The summed E-state index contributed by atoms with van der Waals surface area (Å²) in [7, 11) is 0. The summed E-state index contributed by atoms with van der Waals surface area (Å²) in [5.74, 6) is -1.15. The van der Waals surface area contributed by atoms with Crippen LogP contribution in [0, 0.1) is 12.7 Å². The van der Waals surface area contributed by atoms with Crippen LogP contribution in [0.4, 0.5) is 10.1 Å². The Bertz CT molecular complexity index is 1000. The molecule has 0 unspecified atom stereocenters. The molecule has 1 heterocycles. The molecule has 1 aromatic heterocycles. The maximum Gasteiger partial charge on any atom is 0.261 e. The molecule has 2 aromatic carbocycles. The quantitative estimate of drug-likeness (QED) is 0.793. The average molecular weight is 346 g/mol. The molecule has 1 N–H and O–H groups in total. The molecule has 0 fully saturated rings. The first-order chi connectivity index (χ1) is 11.5. The van der Waals surface area contributed by atoms with Gasteiger partial charge >= 0.3 is 0 Å². The van der Waals surface area contributed by atoms with Gasteiger partial charge in [0.2, 0.25) is 5.91 Å². The second-order valence-electron chi connectivity index (χ2n) is 5.32. The van der Waals surface area contributed by atoms with Crippen molar-refractivity contribution in [2.75, 3.05) is 5.32 Å². The van der Waals surface area contributed by atoms with Crippen molar-refractivity contribution in [3.63, 3.8) is 0 Å². The lowest BCUT2D eigenvalue weighted by atomic mass is 10.1. The van der Waals surface area contributed by atoms with Crippen LogP contribution in [-0.4, -0.2) is 15.5 Å². The van der Waals surface area contributed by atoms with Crippen LogP contribution in [0.5, 0.6) is 0 Å². The lowest BCUT2D eigenvalue weighted by Crippen LogP contribution is -2.28. The van der Waals surface area contributed by atoms with Gasteiger partial charge in [0.05, 0.1) is 22.9 Å². The van der Waals surface area contributed by atoms with Crippen LogP contribution >= 0.6 is 11.6 Å². The van der Waals surface area contributed by atoms with Crippen molar-refractivity contribution >= 4 is 34.1 Å². The molecule has 0 spiro atoms. The number of anilines is 1. The molecule has 0 aliphatic heterocycles. The minimum absolute atomic E-state index is 0.0369. The van der Waals surface area contributed by atoms with E-state index in [2.05, 4.69) is 10.3 Å². The number of nitrogens with zero attached hydrogens (tertiary/aromatic N) is 2. The Balaban J connectivity index is 1.87. The van der Waals surface area contributed by atoms with Crippen molar-refractivity contribution in [3.8, 4) is 0 Å². The Kier molecular flexibility index (Phi) is 4.31. The molecular formula is C17H13ClFN3O2. The third-order valence-electron chi connectivity index (χ3n) is 3.57. The normalized spacial score (nSPS) is 10.8. The van der Waals surface area contributed by atoms with Crippen molar-refractivity contribution in [2.24, 2.45) is 0 Å². The molecule has 122 valence electrons. The Morgan fingerprint density at radius 2 is 2.12 bits per heavy atom. The van der Waals surface area contributed by atoms with Gasteiger partial charge in [0.1, 0.15) is 12.4 Å². The molecule has 24 heavy (non-hydrogen) atoms. The number of hydrogen-bond acceptors (Lipinski definition) is 3. The Morgan fingerprint density at radius 1 is 1.33 bits per heavy atom. The molecule has 7 heteroatoms. The monoisotopic (exact) mass is 345 g/mol. The lowest BCUT2D eigenvalue weighted by molar-refractivity contribution is -0.116. The number of aryl methyl sites for hydroxylation is 1. The van der Waals surface area contributed by atoms with E-state index in [1.807, 2.05) is 13.0 Å². The average Bonchev–Trinajstić information content (AvgIpc) is 2.54. The fourth-order valence-corrected chi connectivity index (χ4v) is 2.56. The van der Waals surface area contributed by atoms with Gasteiger partial charge in [0.15, 0.2) is 0 Å². The van der Waals surface area contributed by atoms with E-state index in [9.17, 15) is 14.0 Å². The van der Waals surface area contributed by atoms with E-state index in [-0.39, 0.29) is 17.8 Å². The summed E-state index contributed by atoms with van der Waals surface area (Å²) in [6, 6.07) is 9.11. The number of para-hydroxylation sites is 1. The number of carbonyl (C=O) groups is 1. The van der Waals surface area contributed by atoms with Gasteiger partial charge in [-0.25, -0.2) is 9.37 Å². The van der Waals surface area contributed by atoms with Gasteiger partial charge in [-0.05, 0) is 36.8 Å². The number of amides is 1. The molecule has 0 aliphatic rings. The summed E-state index contributed by atoms with van der Waals surface area (Å²) in [4.78, 5) is 28.8. The number of hydrogen-bond donors (Lipinski definition) is 1. The summed E-state index contributed by atoms with van der Waals surface area (Å²) in [5, 5.41) is 3.13. The van der Waals surface area contributed by atoms with E-state index in [1.165, 1.54) is 23.0 Å². The minimum Gasteiger partial charge on any atom is -0.322 e. The number of aromatic nitrogens is 2. The molecule has 3 rings (SSSR count). The topological polar surface area (TPSA) is 64.0 Å². The lowest BCUT2D eigenvalue weighted by Gasteiger charge is -2.09. The SMILES string of the molecule is Cc1cccc2c(=O)n(CC(=O)Nc3cc(Cl)ccc3F)cnc12. The smallest absolute Gasteiger partial charge is 0.261 e. The highest BCUT2D eigenvalue weighted by molar-refractivity contribution is 6.30. The maximum absolute atomic E-state index is 13.6. The van der Waals surface area contributed by atoms with E-state index in [0.717, 1.165) is 11.6 Å². The van der Waals surface area contributed by atoms with Gasteiger partial charge in [-0.15, -0.1) is 0 Å². The van der Waals surface area contributed by atoms with Gasteiger partial charge in [0, 0.05) is 5.02 Å². The van der Waals surface area contributed by atoms with Gasteiger partial charge in [-0.1, -0.05) is 23.7 Å². The van der Waals surface area contributed by atoms with Crippen LogP contribution in [0.15, 0.2) is 47.5 Å².